The van der Waals surface area contributed by atoms with Crippen LogP contribution in [0.1, 0.15) is 86.0 Å². The van der Waals surface area contributed by atoms with Gasteiger partial charge in [0.2, 0.25) is 0 Å². The van der Waals surface area contributed by atoms with Gasteiger partial charge in [-0.1, -0.05) is 69.1 Å². The predicted octanol–water partition coefficient (Wildman–Crippen LogP) is 6.20. The van der Waals surface area contributed by atoms with E-state index in [1.165, 1.54) is 19.3 Å². The highest BCUT2D eigenvalue weighted by molar-refractivity contribution is 6.01. The van der Waals surface area contributed by atoms with Crippen LogP contribution in [0.15, 0.2) is 47.1 Å². The van der Waals surface area contributed by atoms with Crippen molar-refractivity contribution >= 4 is 17.7 Å². The summed E-state index contributed by atoms with van der Waals surface area (Å²) in [6.45, 7) is 10.3. The third kappa shape index (κ3) is 8.45. The van der Waals surface area contributed by atoms with Crippen molar-refractivity contribution in [2.45, 2.75) is 92.1 Å². The van der Waals surface area contributed by atoms with Crippen LogP contribution in [0.4, 0.5) is 0 Å². The van der Waals surface area contributed by atoms with Crippen LogP contribution in [0.5, 0.6) is 0 Å². The molecule has 5 nitrogen and oxygen atoms in total. The summed E-state index contributed by atoms with van der Waals surface area (Å²) in [5.41, 5.74) is 2.34. The van der Waals surface area contributed by atoms with Crippen LogP contribution >= 0.6 is 0 Å². The molecular formula is C28H40O5. The summed E-state index contributed by atoms with van der Waals surface area (Å²) in [6, 6.07) is 0. The molecule has 1 unspecified atom stereocenters. The number of esters is 2. The SMILES string of the molecule is C/C=C/C=C(C)/C=C/C1=C(C)C(=O)C(OC(=O)CCC(=O)OCC2CCCCC2)CC1(C)C. The highest BCUT2D eigenvalue weighted by Crippen LogP contribution is 2.40. The maximum absolute atomic E-state index is 12.9. The average molecular weight is 457 g/mol. The Hall–Kier alpha value is -2.43. The Labute approximate surface area is 199 Å². The Morgan fingerprint density at radius 1 is 1.09 bits per heavy atom. The lowest BCUT2D eigenvalue weighted by atomic mass is 9.71. The Bertz CT molecular complexity index is 834. The molecule has 182 valence electrons. The molecule has 0 bridgehead atoms. The monoisotopic (exact) mass is 456 g/mol. The van der Waals surface area contributed by atoms with E-state index >= 15 is 0 Å². The van der Waals surface area contributed by atoms with Crippen molar-refractivity contribution in [1.82, 2.24) is 0 Å². The van der Waals surface area contributed by atoms with Crippen LogP contribution in [0, 0.1) is 11.3 Å². The summed E-state index contributed by atoms with van der Waals surface area (Å²) in [5.74, 6) is -0.636. The fraction of sp³-hybridized carbons (Fsp3) is 0.607. The highest BCUT2D eigenvalue weighted by Gasteiger charge is 2.39. The second kappa shape index (κ2) is 12.7. The minimum Gasteiger partial charge on any atom is -0.465 e. The fourth-order valence-electron chi connectivity index (χ4n) is 4.57. The van der Waals surface area contributed by atoms with E-state index < -0.39 is 12.1 Å². The molecule has 0 aromatic heterocycles. The largest absolute Gasteiger partial charge is 0.465 e. The molecule has 1 saturated carbocycles. The molecule has 0 heterocycles. The summed E-state index contributed by atoms with van der Waals surface area (Å²) in [5, 5.41) is 0. The number of hydrogen-bond acceptors (Lipinski definition) is 5. The van der Waals surface area contributed by atoms with Gasteiger partial charge in [0.25, 0.3) is 0 Å². The lowest BCUT2D eigenvalue weighted by molar-refractivity contribution is -0.158. The van der Waals surface area contributed by atoms with Gasteiger partial charge in [0, 0.05) is 6.42 Å². The molecule has 0 saturated heterocycles. The van der Waals surface area contributed by atoms with Crippen molar-refractivity contribution in [2.24, 2.45) is 11.3 Å². The summed E-state index contributed by atoms with van der Waals surface area (Å²) in [7, 11) is 0. The number of ether oxygens (including phenoxy) is 2. The zero-order chi connectivity index (χ0) is 24.4. The number of carbonyl (C=O) groups is 3. The predicted molar refractivity (Wildman–Crippen MR) is 130 cm³/mol. The van der Waals surface area contributed by atoms with Crippen LogP contribution in [0.2, 0.25) is 0 Å². The summed E-state index contributed by atoms with van der Waals surface area (Å²) < 4.78 is 10.8. The summed E-state index contributed by atoms with van der Waals surface area (Å²) in [6.07, 6.45) is 15.3. The molecule has 0 aromatic rings. The maximum Gasteiger partial charge on any atom is 0.307 e. The zero-order valence-corrected chi connectivity index (χ0v) is 20.9. The Morgan fingerprint density at radius 2 is 1.76 bits per heavy atom. The maximum atomic E-state index is 12.9. The third-order valence-electron chi connectivity index (χ3n) is 6.57. The van der Waals surface area contributed by atoms with Crippen LogP contribution < -0.4 is 0 Å². The van der Waals surface area contributed by atoms with Gasteiger partial charge in [-0.15, -0.1) is 0 Å². The van der Waals surface area contributed by atoms with Gasteiger partial charge in [-0.25, -0.2) is 0 Å². The normalized spacial score (nSPS) is 22.3. The summed E-state index contributed by atoms with van der Waals surface area (Å²) >= 11 is 0. The number of Topliss-reactive ketones (excluding diaryl/α,β-unsaturated/α-hetero) is 1. The first-order valence-corrected chi connectivity index (χ1v) is 12.2. The van der Waals surface area contributed by atoms with Crippen LogP contribution in [0.3, 0.4) is 0 Å². The minimum atomic E-state index is -0.817. The smallest absolute Gasteiger partial charge is 0.307 e. The Balaban J connectivity index is 1.90. The van der Waals surface area contributed by atoms with Gasteiger partial charge in [-0.2, -0.15) is 0 Å². The number of rotatable bonds is 9. The van der Waals surface area contributed by atoms with Gasteiger partial charge in [0.15, 0.2) is 11.9 Å². The molecule has 0 N–H and O–H groups in total. The van der Waals surface area contributed by atoms with Crippen LogP contribution in [-0.4, -0.2) is 30.4 Å². The average Bonchev–Trinajstić information content (AvgIpc) is 2.78. The van der Waals surface area contributed by atoms with Gasteiger partial charge >= 0.3 is 11.9 Å². The van der Waals surface area contributed by atoms with Gasteiger partial charge in [0.05, 0.1) is 19.4 Å². The van der Waals surface area contributed by atoms with E-state index in [-0.39, 0.29) is 30.0 Å². The van der Waals surface area contributed by atoms with Crippen molar-refractivity contribution in [2.75, 3.05) is 6.61 Å². The lowest BCUT2D eigenvalue weighted by Crippen LogP contribution is -2.39. The van der Waals surface area contributed by atoms with Crippen LogP contribution in [0.25, 0.3) is 0 Å². The van der Waals surface area contributed by atoms with Gasteiger partial charge in [-0.3, -0.25) is 14.4 Å². The zero-order valence-electron chi connectivity index (χ0n) is 20.9. The molecule has 0 amide bonds. The first-order valence-electron chi connectivity index (χ1n) is 12.2. The fourth-order valence-corrected chi connectivity index (χ4v) is 4.57. The third-order valence-corrected chi connectivity index (χ3v) is 6.57. The second-order valence-electron chi connectivity index (χ2n) is 9.93. The Kier molecular flexibility index (Phi) is 10.3. The number of allylic oxidation sites excluding steroid dienone is 7. The van der Waals surface area contributed by atoms with E-state index in [0.29, 0.717) is 24.5 Å². The minimum absolute atomic E-state index is 0.0174. The molecule has 5 heteroatoms. The van der Waals surface area contributed by atoms with Crippen molar-refractivity contribution in [3.8, 4) is 0 Å². The molecular weight excluding hydrogens is 416 g/mol. The number of hydrogen-bond donors (Lipinski definition) is 0. The summed E-state index contributed by atoms with van der Waals surface area (Å²) in [4.78, 5) is 37.3. The number of carbonyl (C=O) groups excluding carboxylic acids is 3. The van der Waals surface area contributed by atoms with E-state index in [0.717, 1.165) is 24.0 Å². The molecule has 2 aliphatic carbocycles. The molecule has 0 aromatic carbocycles. The standard InChI is InChI=1S/C28H40O5/c1-6-7-11-20(2)14-15-23-21(3)27(31)24(18-28(23,4)5)33-26(30)17-16-25(29)32-19-22-12-9-8-10-13-22/h6-7,11,14-15,22,24H,8-10,12-13,16-19H2,1-5H3/b7-6+,15-14+,20-11+. The van der Waals surface area contributed by atoms with E-state index in [4.69, 9.17) is 9.47 Å². The van der Waals surface area contributed by atoms with Crippen molar-refractivity contribution in [3.63, 3.8) is 0 Å². The molecule has 2 rings (SSSR count). The van der Waals surface area contributed by atoms with E-state index in [1.54, 1.807) is 6.92 Å². The lowest BCUT2D eigenvalue weighted by Gasteiger charge is -2.36. The van der Waals surface area contributed by atoms with Gasteiger partial charge in [0.1, 0.15) is 0 Å². The molecule has 2 aliphatic rings. The Morgan fingerprint density at radius 3 is 2.42 bits per heavy atom. The first kappa shape index (κ1) is 26.8. The van der Waals surface area contributed by atoms with Gasteiger partial charge in [-0.05, 0) is 56.1 Å². The molecule has 1 fully saturated rings. The first-order chi connectivity index (χ1) is 15.6. The van der Waals surface area contributed by atoms with Crippen molar-refractivity contribution < 1.29 is 23.9 Å². The topological polar surface area (TPSA) is 69.7 Å². The number of ketones is 1. The van der Waals surface area contributed by atoms with E-state index in [2.05, 4.69) is 13.8 Å². The molecule has 1 atom stereocenters. The van der Waals surface area contributed by atoms with E-state index in [9.17, 15) is 14.4 Å². The quantitative estimate of drug-likeness (QED) is 0.305. The van der Waals surface area contributed by atoms with Crippen molar-refractivity contribution in [1.29, 1.82) is 0 Å². The van der Waals surface area contributed by atoms with Crippen LogP contribution in [-0.2, 0) is 23.9 Å². The van der Waals surface area contributed by atoms with E-state index in [1.807, 2.05) is 44.2 Å². The second-order valence-corrected chi connectivity index (χ2v) is 9.93. The van der Waals surface area contributed by atoms with Gasteiger partial charge < -0.3 is 9.47 Å². The molecule has 33 heavy (non-hydrogen) atoms. The molecule has 0 spiro atoms. The van der Waals surface area contributed by atoms with Crippen molar-refractivity contribution in [3.05, 3.63) is 47.1 Å². The highest BCUT2D eigenvalue weighted by atomic mass is 16.5. The molecule has 0 radical (unpaired) electrons. The molecule has 0 aliphatic heterocycles.